The first-order valence-electron chi connectivity index (χ1n) is 6.66. The largest absolute Gasteiger partial charge is 0.384 e. The second kappa shape index (κ2) is 4.56. The lowest BCUT2D eigenvalue weighted by atomic mass is 10.2. The Morgan fingerprint density at radius 1 is 1.35 bits per heavy atom. The molecule has 2 fully saturated rings. The standard InChI is InChI=1S/C13H21N3S/c1-17-8-2-3-11-12(14)16(10-6-7-10)13(15-11)9-4-5-9/h9-10H,2-8,14H2,1H3. The van der Waals surface area contributed by atoms with Gasteiger partial charge in [-0.2, -0.15) is 11.8 Å². The highest BCUT2D eigenvalue weighted by Crippen LogP contribution is 2.46. The van der Waals surface area contributed by atoms with Crippen molar-refractivity contribution in [2.75, 3.05) is 17.7 Å². The van der Waals surface area contributed by atoms with Gasteiger partial charge in [0.05, 0.1) is 5.69 Å². The van der Waals surface area contributed by atoms with Crippen LogP contribution < -0.4 is 5.73 Å². The minimum Gasteiger partial charge on any atom is -0.384 e. The van der Waals surface area contributed by atoms with Gasteiger partial charge < -0.3 is 10.3 Å². The number of nitrogens with zero attached hydrogens (tertiary/aromatic N) is 2. The molecule has 2 saturated carbocycles. The van der Waals surface area contributed by atoms with Gasteiger partial charge in [0.1, 0.15) is 11.6 Å². The van der Waals surface area contributed by atoms with Crippen LogP contribution in [0.3, 0.4) is 0 Å². The molecular weight excluding hydrogens is 230 g/mol. The van der Waals surface area contributed by atoms with E-state index in [-0.39, 0.29) is 0 Å². The zero-order valence-electron chi connectivity index (χ0n) is 10.5. The van der Waals surface area contributed by atoms with Crippen LogP contribution in [0, 0.1) is 0 Å². The summed E-state index contributed by atoms with van der Waals surface area (Å²) in [7, 11) is 0. The molecule has 2 aliphatic carbocycles. The van der Waals surface area contributed by atoms with Crippen LogP contribution in [0.4, 0.5) is 5.82 Å². The Bertz CT molecular complexity index is 405. The molecule has 0 atom stereocenters. The Balaban J connectivity index is 1.80. The fraction of sp³-hybridized carbons (Fsp3) is 0.769. The Labute approximate surface area is 107 Å². The number of imidazole rings is 1. The molecule has 4 heteroatoms. The monoisotopic (exact) mass is 251 g/mol. The van der Waals surface area contributed by atoms with Crippen LogP contribution in [0.2, 0.25) is 0 Å². The maximum absolute atomic E-state index is 6.29. The minimum absolute atomic E-state index is 0.674. The van der Waals surface area contributed by atoms with Crippen molar-refractivity contribution in [2.45, 2.75) is 50.5 Å². The third kappa shape index (κ3) is 2.32. The lowest BCUT2D eigenvalue weighted by molar-refractivity contribution is 0.691. The van der Waals surface area contributed by atoms with Gasteiger partial charge in [-0.3, -0.25) is 0 Å². The number of aromatic nitrogens is 2. The van der Waals surface area contributed by atoms with Crippen molar-refractivity contribution < 1.29 is 0 Å². The normalized spacial score (nSPS) is 19.8. The highest BCUT2D eigenvalue weighted by Gasteiger charge is 2.36. The maximum Gasteiger partial charge on any atom is 0.127 e. The molecule has 0 aliphatic heterocycles. The van der Waals surface area contributed by atoms with Crippen LogP contribution in [0.25, 0.3) is 0 Å². The molecule has 3 rings (SSSR count). The lowest BCUT2D eigenvalue weighted by Crippen LogP contribution is -2.05. The molecule has 1 heterocycles. The van der Waals surface area contributed by atoms with Gasteiger partial charge in [0.25, 0.3) is 0 Å². The Kier molecular flexibility index (Phi) is 3.07. The van der Waals surface area contributed by atoms with E-state index in [4.69, 9.17) is 10.7 Å². The highest BCUT2D eigenvalue weighted by molar-refractivity contribution is 7.98. The molecule has 0 saturated heterocycles. The molecule has 94 valence electrons. The van der Waals surface area contributed by atoms with E-state index >= 15 is 0 Å². The SMILES string of the molecule is CSCCCc1nc(C2CC2)n(C2CC2)c1N. The molecule has 0 aromatic carbocycles. The van der Waals surface area contributed by atoms with Crippen LogP contribution >= 0.6 is 11.8 Å². The molecule has 1 aromatic rings. The molecular formula is C13H21N3S. The molecule has 2 aliphatic rings. The summed E-state index contributed by atoms with van der Waals surface area (Å²) in [6.07, 6.45) is 9.61. The first kappa shape index (κ1) is 11.5. The number of nitrogens with two attached hydrogens (primary N) is 1. The lowest BCUT2D eigenvalue weighted by Gasteiger charge is -2.07. The number of hydrogen-bond donors (Lipinski definition) is 1. The topological polar surface area (TPSA) is 43.8 Å². The summed E-state index contributed by atoms with van der Waals surface area (Å²) < 4.78 is 2.35. The van der Waals surface area contributed by atoms with Crippen molar-refractivity contribution in [2.24, 2.45) is 0 Å². The quantitative estimate of drug-likeness (QED) is 0.790. The Morgan fingerprint density at radius 3 is 2.71 bits per heavy atom. The predicted molar refractivity (Wildman–Crippen MR) is 73.6 cm³/mol. The van der Waals surface area contributed by atoms with Gasteiger partial charge in [-0.05, 0) is 50.5 Å². The number of aryl methyl sites for hydroxylation is 1. The van der Waals surface area contributed by atoms with Gasteiger partial charge in [-0.25, -0.2) is 4.98 Å². The zero-order chi connectivity index (χ0) is 11.8. The van der Waals surface area contributed by atoms with Crippen LogP contribution in [-0.4, -0.2) is 21.6 Å². The van der Waals surface area contributed by atoms with E-state index in [0.717, 1.165) is 17.9 Å². The number of rotatable bonds is 6. The number of nitrogen functional groups attached to an aromatic ring is 1. The fourth-order valence-corrected chi connectivity index (χ4v) is 2.86. The first-order chi connectivity index (χ1) is 8.31. The van der Waals surface area contributed by atoms with Gasteiger partial charge >= 0.3 is 0 Å². The molecule has 1 aromatic heterocycles. The zero-order valence-corrected chi connectivity index (χ0v) is 11.3. The van der Waals surface area contributed by atoms with Crippen LogP contribution in [0.1, 0.15) is 55.6 Å². The molecule has 3 nitrogen and oxygen atoms in total. The summed E-state index contributed by atoms with van der Waals surface area (Å²) in [4.78, 5) is 4.83. The van der Waals surface area contributed by atoms with E-state index in [1.165, 1.54) is 43.7 Å². The molecule has 0 unspecified atom stereocenters. The smallest absolute Gasteiger partial charge is 0.127 e. The third-order valence-electron chi connectivity index (χ3n) is 3.67. The van der Waals surface area contributed by atoms with Crippen molar-refractivity contribution >= 4 is 17.6 Å². The molecule has 17 heavy (non-hydrogen) atoms. The van der Waals surface area contributed by atoms with Crippen molar-refractivity contribution in [1.82, 2.24) is 9.55 Å². The molecule has 0 amide bonds. The van der Waals surface area contributed by atoms with Crippen LogP contribution in [0.5, 0.6) is 0 Å². The summed E-state index contributed by atoms with van der Waals surface area (Å²) in [5, 5.41) is 0. The van der Waals surface area contributed by atoms with Gasteiger partial charge in [0.15, 0.2) is 0 Å². The fourth-order valence-electron chi connectivity index (χ4n) is 2.43. The number of anilines is 1. The Morgan fingerprint density at radius 2 is 2.12 bits per heavy atom. The minimum atomic E-state index is 0.674. The Hall–Kier alpha value is -0.640. The highest BCUT2D eigenvalue weighted by atomic mass is 32.2. The average molecular weight is 251 g/mol. The number of thioether (sulfide) groups is 1. The summed E-state index contributed by atoms with van der Waals surface area (Å²) >= 11 is 1.90. The van der Waals surface area contributed by atoms with Gasteiger partial charge in [0.2, 0.25) is 0 Å². The second-order valence-corrected chi connectivity index (χ2v) is 6.26. The van der Waals surface area contributed by atoms with E-state index < -0.39 is 0 Å². The predicted octanol–water partition coefficient (Wildman–Crippen LogP) is 2.97. The summed E-state index contributed by atoms with van der Waals surface area (Å²) in [5.41, 5.74) is 7.45. The summed E-state index contributed by atoms with van der Waals surface area (Å²) in [5.74, 6) is 4.18. The van der Waals surface area contributed by atoms with Gasteiger partial charge in [-0.1, -0.05) is 0 Å². The molecule has 0 spiro atoms. The van der Waals surface area contributed by atoms with E-state index in [1.807, 2.05) is 11.8 Å². The van der Waals surface area contributed by atoms with Crippen molar-refractivity contribution in [3.8, 4) is 0 Å². The second-order valence-electron chi connectivity index (χ2n) is 5.27. The van der Waals surface area contributed by atoms with Crippen molar-refractivity contribution in [3.05, 3.63) is 11.5 Å². The molecule has 2 N–H and O–H groups in total. The third-order valence-corrected chi connectivity index (χ3v) is 4.37. The first-order valence-corrected chi connectivity index (χ1v) is 8.06. The van der Waals surface area contributed by atoms with Crippen molar-refractivity contribution in [3.63, 3.8) is 0 Å². The average Bonchev–Trinajstić information content (AvgIpc) is 3.20. The van der Waals surface area contributed by atoms with Crippen LogP contribution in [-0.2, 0) is 6.42 Å². The number of hydrogen-bond acceptors (Lipinski definition) is 3. The van der Waals surface area contributed by atoms with Crippen molar-refractivity contribution in [1.29, 1.82) is 0 Å². The van der Waals surface area contributed by atoms with E-state index in [1.54, 1.807) is 0 Å². The van der Waals surface area contributed by atoms with E-state index in [0.29, 0.717) is 12.0 Å². The van der Waals surface area contributed by atoms with E-state index in [9.17, 15) is 0 Å². The van der Waals surface area contributed by atoms with Gasteiger partial charge in [-0.15, -0.1) is 0 Å². The molecule has 0 bridgehead atoms. The van der Waals surface area contributed by atoms with Crippen LogP contribution in [0.15, 0.2) is 0 Å². The summed E-state index contributed by atoms with van der Waals surface area (Å²) in [6, 6.07) is 0.674. The maximum atomic E-state index is 6.29. The molecule has 0 radical (unpaired) electrons. The van der Waals surface area contributed by atoms with E-state index in [2.05, 4.69) is 10.8 Å². The summed E-state index contributed by atoms with van der Waals surface area (Å²) in [6.45, 7) is 0. The van der Waals surface area contributed by atoms with Gasteiger partial charge in [0, 0.05) is 12.0 Å².